The summed E-state index contributed by atoms with van der Waals surface area (Å²) in [6, 6.07) is 3.27. The Kier molecular flexibility index (Phi) is 6.29. The first-order valence-electron chi connectivity index (χ1n) is 6.24. The molecule has 0 aliphatic carbocycles. The van der Waals surface area contributed by atoms with Gasteiger partial charge in [0.05, 0.1) is 6.61 Å². The molecule has 1 aromatic carbocycles. The second-order valence-electron chi connectivity index (χ2n) is 4.37. The summed E-state index contributed by atoms with van der Waals surface area (Å²) in [5, 5.41) is 12.4. The molecule has 1 unspecified atom stereocenters. The number of hydrogen-bond acceptors (Lipinski definition) is 3. The van der Waals surface area contributed by atoms with Gasteiger partial charge >= 0.3 is 12.1 Å². The van der Waals surface area contributed by atoms with Crippen molar-refractivity contribution in [2.45, 2.75) is 18.6 Å². The number of aliphatic hydroxyl groups excluding tert-OH is 1. The third-order valence-electron chi connectivity index (χ3n) is 2.64. The summed E-state index contributed by atoms with van der Waals surface area (Å²) in [5.74, 6) is -3.67. The van der Waals surface area contributed by atoms with Crippen molar-refractivity contribution in [3.05, 3.63) is 35.6 Å². The van der Waals surface area contributed by atoms with Crippen molar-refractivity contribution in [1.29, 1.82) is 0 Å². The van der Waals surface area contributed by atoms with Crippen LogP contribution >= 0.6 is 0 Å². The molecule has 1 aromatic rings. The number of halogens is 4. The fourth-order valence-electron chi connectivity index (χ4n) is 1.61. The first-order valence-corrected chi connectivity index (χ1v) is 6.24. The minimum atomic E-state index is -5.13. The van der Waals surface area contributed by atoms with Gasteiger partial charge in [-0.3, -0.25) is 9.59 Å². The Hall–Kier alpha value is -2.16. The molecule has 0 fully saturated rings. The molecule has 0 aromatic heterocycles. The lowest BCUT2D eigenvalue weighted by Gasteiger charge is -2.19. The molecular weight excluding hydrogens is 308 g/mol. The number of aliphatic hydroxyl groups is 1. The van der Waals surface area contributed by atoms with Gasteiger partial charge in [-0.2, -0.15) is 13.2 Å². The Morgan fingerprint density at radius 2 is 1.77 bits per heavy atom. The minimum absolute atomic E-state index is 0.166. The van der Waals surface area contributed by atoms with Crippen molar-refractivity contribution < 1.29 is 32.3 Å². The van der Waals surface area contributed by atoms with Crippen LogP contribution in [0.3, 0.4) is 0 Å². The van der Waals surface area contributed by atoms with Crippen LogP contribution in [0, 0.1) is 5.82 Å². The van der Waals surface area contributed by atoms with Gasteiger partial charge < -0.3 is 15.7 Å². The van der Waals surface area contributed by atoms with E-state index in [9.17, 15) is 27.2 Å². The first kappa shape index (κ1) is 17.9. The highest BCUT2D eigenvalue weighted by Gasteiger charge is 2.40. The molecule has 0 spiro atoms. The van der Waals surface area contributed by atoms with E-state index in [1.807, 2.05) is 0 Å². The molecule has 9 heteroatoms. The second-order valence-corrected chi connectivity index (χ2v) is 4.37. The summed E-state index contributed by atoms with van der Waals surface area (Å²) in [7, 11) is 0. The van der Waals surface area contributed by atoms with E-state index in [2.05, 4.69) is 5.32 Å². The Morgan fingerprint density at radius 3 is 2.27 bits per heavy atom. The zero-order valence-corrected chi connectivity index (χ0v) is 11.3. The number of carbonyl (C=O) groups is 2. The summed E-state index contributed by atoms with van der Waals surface area (Å²) in [5.41, 5.74) is 0.369. The topological polar surface area (TPSA) is 78.4 Å². The van der Waals surface area contributed by atoms with Gasteiger partial charge in [-0.25, -0.2) is 4.39 Å². The highest BCUT2D eigenvalue weighted by atomic mass is 19.4. The van der Waals surface area contributed by atoms with Crippen LogP contribution in [0.4, 0.5) is 17.6 Å². The molecule has 122 valence electrons. The molecule has 0 bridgehead atoms. The number of amides is 2. The lowest BCUT2D eigenvalue weighted by atomic mass is 10.0. The molecule has 0 aliphatic rings. The van der Waals surface area contributed by atoms with Crippen LogP contribution < -0.4 is 10.6 Å². The average molecular weight is 322 g/mol. The fourth-order valence-corrected chi connectivity index (χ4v) is 1.61. The predicted octanol–water partition coefficient (Wildman–Crippen LogP) is 0.524. The Bertz CT molecular complexity index is 517. The molecule has 0 radical (unpaired) electrons. The quantitative estimate of drug-likeness (QED) is 0.668. The van der Waals surface area contributed by atoms with Crippen molar-refractivity contribution in [2.24, 2.45) is 0 Å². The largest absolute Gasteiger partial charge is 0.471 e. The molecule has 0 heterocycles. The Balaban J connectivity index is 2.83. The van der Waals surface area contributed by atoms with E-state index in [0.717, 1.165) is 12.1 Å². The van der Waals surface area contributed by atoms with Crippen molar-refractivity contribution in [3.8, 4) is 0 Å². The minimum Gasteiger partial charge on any atom is -0.395 e. The van der Waals surface area contributed by atoms with E-state index in [0.29, 0.717) is 5.56 Å². The lowest BCUT2D eigenvalue weighted by Crippen LogP contribution is -2.52. The molecule has 1 rings (SSSR count). The monoisotopic (exact) mass is 322 g/mol. The average Bonchev–Trinajstić information content (AvgIpc) is 2.45. The second kappa shape index (κ2) is 7.74. The van der Waals surface area contributed by atoms with Crippen LogP contribution in [0.25, 0.3) is 0 Å². The van der Waals surface area contributed by atoms with E-state index in [4.69, 9.17) is 5.11 Å². The Morgan fingerprint density at radius 1 is 1.18 bits per heavy atom. The third-order valence-corrected chi connectivity index (χ3v) is 2.64. The first-order chi connectivity index (χ1) is 10.2. The maximum Gasteiger partial charge on any atom is 0.471 e. The van der Waals surface area contributed by atoms with Gasteiger partial charge in [-0.15, -0.1) is 0 Å². The normalized spacial score (nSPS) is 12.6. The SMILES string of the molecule is O=C(NCCO)C(Cc1ccc(F)cc1)NC(=O)C(F)(F)F. The number of benzene rings is 1. The summed E-state index contributed by atoms with van der Waals surface area (Å²) >= 11 is 0. The van der Waals surface area contributed by atoms with Gasteiger partial charge in [0.1, 0.15) is 11.9 Å². The van der Waals surface area contributed by atoms with E-state index in [1.165, 1.54) is 12.1 Å². The van der Waals surface area contributed by atoms with Crippen LogP contribution in [-0.4, -0.2) is 42.3 Å². The fraction of sp³-hybridized carbons (Fsp3) is 0.385. The van der Waals surface area contributed by atoms with E-state index >= 15 is 0 Å². The predicted molar refractivity (Wildman–Crippen MR) is 68.2 cm³/mol. The number of rotatable bonds is 6. The Labute approximate surface area is 123 Å². The summed E-state index contributed by atoms with van der Waals surface area (Å²) < 4.78 is 49.6. The van der Waals surface area contributed by atoms with Crippen LogP contribution in [0.1, 0.15) is 5.56 Å². The summed E-state index contributed by atoms with van der Waals surface area (Å²) in [6.07, 6.45) is -5.38. The molecule has 5 nitrogen and oxygen atoms in total. The van der Waals surface area contributed by atoms with Gasteiger partial charge in [0, 0.05) is 13.0 Å². The zero-order valence-electron chi connectivity index (χ0n) is 11.3. The van der Waals surface area contributed by atoms with Gasteiger partial charge in [0.25, 0.3) is 0 Å². The van der Waals surface area contributed by atoms with E-state index < -0.39 is 36.5 Å². The van der Waals surface area contributed by atoms with Crippen molar-refractivity contribution in [1.82, 2.24) is 10.6 Å². The lowest BCUT2D eigenvalue weighted by molar-refractivity contribution is -0.174. The maximum atomic E-state index is 12.8. The number of alkyl halides is 3. The van der Waals surface area contributed by atoms with E-state index in [1.54, 1.807) is 5.32 Å². The maximum absolute atomic E-state index is 12.8. The van der Waals surface area contributed by atoms with Crippen LogP contribution in [0.2, 0.25) is 0 Å². The number of hydrogen-bond donors (Lipinski definition) is 3. The summed E-state index contributed by atoms with van der Waals surface area (Å²) in [6.45, 7) is -0.567. The van der Waals surface area contributed by atoms with Crippen LogP contribution in [-0.2, 0) is 16.0 Å². The van der Waals surface area contributed by atoms with Crippen molar-refractivity contribution in [3.63, 3.8) is 0 Å². The van der Waals surface area contributed by atoms with Gasteiger partial charge in [-0.05, 0) is 17.7 Å². The molecule has 0 aliphatic heterocycles. The van der Waals surface area contributed by atoms with Gasteiger partial charge in [-0.1, -0.05) is 12.1 Å². The molecular formula is C13H14F4N2O3. The van der Waals surface area contributed by atoms with E-state index in [-0.39, 0.29) is 13.0 Å². The van der Waals surface area contributed by atoms with Crippen molar-refractivity contribution >= 4 is 11.8 Å². The molecule has 1 atom stereocenters. The van der Waals surface area contributed by atoms with Gasteiger partial charge in [0.2, 0.25) is 5.91 Å². The highest BCUT2D eigenvalue weighted by Crippen LogP contribution is 2.15. The number of carbonyl (C=O) groups excluding carboxylic acids is 2. The van der Waals surface area contributed by atoms with Crippen LogP contribution in [0.15, 0.2) is 24.3 Å². The zero-order chi connectivity index (χ0) is 16.8. The third kappa shape index (κ3) is 5.68. The highest BCUT2D eigenvalue weighted by molar-refractivity contribution is 5.90. The molecule has 0 saturated carbocycles. The molecule has 2 amide bonds. The number of nitrogens with one attached hydrogen (secondary N) is 2. The van der Waals surface area contributed by atoms with Crippen LogP contribution in [0.5, 0.6) is 0 Å². The molecule has 0 saturated heterocycles. The molecule has 3 N–H and O–H groups in total. The molecule has 22 heavy (non-hydrogen) atoms. The summed E-state index contributed by atoms with van der Waals surface area (Å²) in [4.78, 5) is 22.7. The van der Waals surface area contributed by atoms with Gasteiger partial charge in [0.15, 0.2) is 0 Å². The standard InChI is InChI=1S/C13H14F4N2O3/c14-9-3-1-8(2-4-9)7-10(11(21)18-5-6-20)19-12(22)13(15,16)17/h1-4,10,20H,5-7H2,(H,18,21)(H,19,22). The smallest absolute Gasteiger partial charge is 0.395 e. The van der Waals surface area contributed by atoms with Crippen molar-refractivity contribution in [2.75, 3.05) is 13.2 Å².